The minimum atomic E-state index is -4.80. The fourth-order valence-corrected chi connectivity index (χ4v) is 3.36. The molecule has 154 valence electrons. The third kappa shape index (κ3) is 4.36. The highest BCUT2D eigenvalue weighted by atomic mass is 35.5. The van der Waals surface area contributed by atoms with Crippen molar-refractivity contribution in [3.05, 3.63) is 70.8 Å². The van der Waals surface area contributed by atoms with Crippen molar-refractivity contribution < 1.29 is 17.6 Å². The lowest BCUT2D eigenvalue weighted by atomic mass is 9.49. The standard InChI is InChI=1S/C19H9B3ClF4N5/c20-19(21,22)32-8-14(18(25,26)27)31-16(32)10-4-3-9(6-11(10)24)7-13-15-12(2-1-5-28-15)29-17(23)30-13/h1-6,8H,7H2. The summed E-state index contributed by atoms with van der Waals surface area (Å²) in [5.74, 6) is -1.32. The van der Waals surface area contributed by atoms with E-state index in [1.165, 1.54) is 12.1 Å². The van der Waals surface area contributed by atoms with Gasteiger partial charge in [-0.2, -0.15) is 13.2 Å². The Kier molecular flexibility index (Phi) is 5.52. The van der Waals surface area contributed by atoms with Gasteiger partial charge in [-0.15, -0.1) is 0 Å². The first-order valence-corrected chi connectivity index (χ1v) is 9.41. The van der Waals surface area contributed by atoms with Gasteiger partial charge in [0.1, 0.15) is 17.2 Å². The van der Waals surface area contributed by atoms with E-state index in [4.69, 9.17) is 35.1 Å². The van der Waals surface area contributed by atoms with Gasteiger partial charge < -0.3 is 4.57 Å². The molecule has 32 heavy (non-hydrogen) atoms. The van der Waals surface area contributed by atoms with E-state index in [0.717, 1.165) is 6.07 Å². The summed E-state index contributed by atoms with van der Waals surface area (Å²) in [6.45, 7) is 0. The number of benzene rings is 1. The minimum absolute atomic E-state index is 0.00415. The SMILES string of the molecule is [B]C([B])([B])n1cc(C(F)(F)F)nc1-c1ccc(Cc2nc(Cl)nc3cccnc23)cc1F. The van der Waals surface area contributed by atoms with E-state index >= 15 is 0 Å². The van der Waals surface area contributed by atoms with E-state index < -0.39 is 28.7 Å². The zero-order valence-corrected chi connectivity index (χ0v) is 16.9. The zero-order valence-electron chi connectivity index (χ0n) is 16.1. The Balaban J connectivity index is 1.75. The largest absolute Gasteiger partial charge is 0.434 e. The predicted octanol–water partition coefficient (Wildman–Crippen LogP) is 3.36. The van der Waals surface area contributed by atoms with Gasteiger partial charge in [0.05, 0.1) is 40.3 Å². The Hall–Kier alpha value is -2.88. The van der Waals surface area contributed by atoms with Crippen molar-refractivity contribution >= 4 is 46.2 Å². The van der Waals surface area contributed by atoms with Gasteiger partial charge in [-0.1, -0.05) is 11.3 Å². The Morgan fingerprint density at radius 2 is 1.78 bits per heavy atom. The van der Waals surface area contributed by atoms with Crippen molar-refractivity contribution in [2.75, 3.05) is 0 Å². The van der Waals surface area contributed by atoms with Crippen LogP contribution in [0.4, 0.5) is 17.6 Å². The van der Waals surface area contributed by atoms with Gasteiger partial charge in [-0.25, -0.2) is 19.3 Å². The normalized spacial score (nSPS) is 12.4. The summed E-state index contributed by atoms with van der Waals surface area (Å²) in [7, 11) is 16.7. The number of halogens is 5. The first-order valence-electron chi connectivity index (χ1n) is 9.03. The first kappa shape index (κ1) is 22.3. The van der Waals surface area contributed by atoms with E-state index in [0.29, 0.717) is 33.1 Å². The Bertz CT molecular complexity index is 1320. The van der Waals surface area contributed by atoms with E-state index in [9.17, 15) is 17.6 Å². The number of alkyl halides is 3. The Morgan fingerprint density at radius 1 is 1.03 bits per heavy atom. The second-order valence-electron chi connectivity index (χ2n) is 7.01. The monoisotopic (exact) mass is 451 g/mol. The van der Waals surface area contributed by atoms with E-state index in [1.807, 2.05) is 0 Å². The highest BCUT2D eigenvalue weighted by molar-refractivity contribution is 6.56. The maximum Gasteiger partial charge on any atom is 0.434 e. The molecule has 3 heterocycles. The van der Waals surface area contributed by atoms with Gasteiger partial charge in [-0.3, -0.25) is 4.98 Å². The smallest absolute Gasteiger partial charge is 0.350 e. The maximum atomic E-state index is 15.0. The molecule has 4 aromatic rings. The second-order valence-corrected chi connectivity index (χ2v) is 7.34. The molecule has 0 bridgehead atoms. The number of pyridine rings is 1. The molecule has 0 unspecified atom stereocenters. The summed E-state index contributed by atoms with van der Waals surface area (Å²) in [4.78, 5) is 15.9. The molecule has 6 radical (unpaired) electrons. The molecule has 13 heteroatoms. The van der Waals surface area contributed by atoms with Crippen molar-refractivity contribution in [3.8, 4) is 11.4 Å². The van der Waals surface area contributed by atoms with Gasteiger partial charge in [0.25, 0.3) is 0 Å². The fraction of sp³-hybridized carbons (Fsp3) is 0.158. The van der Waals surface area contributed by atoms with E-state index in [1.54, 1.807) is 18.3 Å². The number of hydrogen-bond acceptors (Lipinski definition) is 4. The zero-order chi connectivity index (χ0) is 23.3. The Labute approximate surface area is 188 Å². The predicted molar refractivity (Wildman–Crippen MR) is 113 cm³/mol. The first-order chi connectivity index (χ1) is 14.9. The molecule has 0 saturated heterocycles. The molecular weight excluding hydrogens is 442 g/mol. The lowest BCUT2D eigenvalue weighted by Crippen LogP contribution is -2.35. The van der Waals surface area contributed by atoms with Crippen molar-refractivity contribution in [1.82, 2.24) is 24.5 Å². The van der Waals surface area contributed by atoms with Crippen LogP contribution in [0.25, 0.3) is 22.4 Å². The molecule has 0 N–H and O–H groups in total. The van der Waals surface area contributed by atoms with Crippen LogP contribution in [0.1, 0.15) is 17.0 Å². The number of nitrogens with zero attached hydrogens (tertiary/aromatic N) is 5. The average molecular weight is 451 g/mol. The summed E-state index contributed by atoms with van der Waals surface area (Å²) in [5.41, 5.74) is 0.353. The van der Waals surface area contributed by atoms with Crippen molar-refractivity contribution in [3.63, 3.8) is 0 Å². The van der Waals surface area contributed by atoms with Crippen molar-refractivity contribution in [1.29, 1.82) is 0 Å². The van der Waals surface area contributed by atoms with Crippen LogP contribution in [0.3, 0.4) is 0 Å². The maximum absolute atomic E-state index is 15.0. The van der Waals surface area contributed by atoms with Gasteiger partial charge in [0.15, 0.2) is 5.69 Å². The van der Waals surface area contributed by atoms with Crippen LogP contribution in [0, 0.1) is 5.82 Å². The van der Waals surface area contributed by atoms with Gasteiger partial charge in [0.2, 0.25) is 5.28 Å². The molecule has 0 aliphatic rings. The number of hydrogen-bond donors (Lipinski definition) is 0. The molecule has 0 amide bonds. The second kappa shape index (κ2) is 7.92. The van der Waals surface area contributed by atoms with Crippen LogP contribution in [-0.2, 0) is 17.8 Å². The molecule has 0 saturated carbocycles. The van der Waals surface area contributed by atoms with Gasteiger partial charge in [-0.05, 0) is 41.4 Å². The lowest BCUT2D eigenvalue weighted by molar-refractivity contribution is -0.140. The number of rotatable bonds is 4. The fourth-order valence-electron chi connectivity index (χ4n) is 3.17. The summed E-state index contributed by atoms with van der Waals surface area (Å²) in [5, 5.41) is -2.23. The molecule has 0 aliphatic heterocycles. The molecule has 0 fully saturated rings. The summed E-state index contributed by atoms with van der Waals surface area (Å²) < 4.78 is 55.0. The summed E-state index contributed by atoms with van der Waals surface area (Å²) in [6, 6.07) is 7.29. The average Bonchev–Trinajstić information content (AvgIpc) is 3.14. The summed E-state index contributed by atoms with van der Waals surface area (Å²) >= 11 is 5.96. The van der Waals surface area contributed by atoms with Crippen LogP contribution in [0.5, 0.6) is 0 Å². The molecule has 0 aliphatic carbocycles. The topological polar surface area (TPSA) is 56.5 Å². The molecule has 4 rings (SSSR count). The van der Waals surface area contributed by atoms with E-state index in [-0.39, 0.29) is 17.3 Å². The third-order valence-electron chi connectivity index (χ3n) is 4.56. The van der Waals surface area contributed by atoms with Gasteiger partial charge >= 0.3 is 6.18 Å². The van der Waals surface area contributed by atoms with Crippen LogP contribution in [-0.4, -0.2) is 48.0 Å². The number of imidazole rings is 1. The third-order valence-corrected chi connectivity index (χ3v) is 4.73. The van der Waals surface area contributed by atoms with Crippen molar-refractivity contribution in [2.24, 2.45) is 0 Å². The molecule has 0 spiro atoms. The number of fused-ring (bicyclic) bond motifs is 1. The van der Waals surface area contributed by atoms with E-state index in [2.05, 4.69) is 19.9 Å². The highest BCUT2D eigenvalue weighted by Crippen LogP contribution is 2.33. The summed E-state index contributed by atoms with van der Waals surface area (Å²) in [6.07, 6.45) is -2.57. The lowest BCUT2D eigenvalue weighted by Gasteiger charge is -2.25. The molecule has 1 aromatic carbocycles. The molecule has 0 atom stereocenters. The molecule has 5 nitrogen and oxygen atoms in total. The van der Waals surface area contributed by atoms with Crippen LogP contribution >= 0.6 is 11.6 Å². The minimum Gasteiger partial charge on any atom is -0.350 e. The highest BCUT2D eigenvalue weighted by Gasteiger charge is 2.36. The van der Waals surface area contributed by atoms with Crippen molar-refractivity contribution in [2.45, 2.75) is 17.8 Å². The molecule has 3 aromatic heterocycles. The molecular formula is C19H9B3ClF4N5. The quantitative estimate of drug-likeness (QED) is 0.271. The van der Waals surface area contributed by atoms with Crippen LogP contribution < -0.4 is 0 Å². The van der Waals surface area contributed by atoms with Crippen LogP contribution in [0.2, 0.25) is 5.28 Å². The van der Waals surface area contributed by atoms with Crippen LogP contribution in [0.15, 0.2) is 42.7 Å². The Morgan fingerprint density at radius 3 is 2.44 bits per heavy atom. The number of aromatic nitrogens is 5. The van der Waals surface area contributed by atoms with Gasteiger partial charge in [0, 0.05) is 18.8 Å².